The van der Waals surface area contributed by atoms with Crippen LogP contribution in [0.5, 0.6) is 5.75 Å². The number of hydrogen-bond donors (Lipinski definition) is 4. The van der Waals surface area contributed by atoms with E-state index in [-0.39, 0.29) is 27.6 Å². The molecule has 0 saturated heterocycles. The number of Topliss-reactive ketones (excluding diaryl/α,β-unsaturated/α-hetero) is 1. The number of benzene rings is 3. The van der Waals surface area contributed by atoms with Crippen LogP contribution >= 0.6 is 34.8 Å². The number of methoxy groups -OCH3 is 1. The summed E-state index contributed by atoms with van der Waals surface area (Å²) in [6.45, 7) is 0.356. The third kappa shape index (κ3) is 11.8. The Kier molecular flexibility index (Phi) is 14.4. The Labute approximate surface area is 309 Å². The van der Waals surface area contributed by atoms with E-state index in [0.717, 1.165) is 5.32 Å². The van der Waals surface area contributed by atoms with Crippen molar-refractivity contribution < 1.29 is 50.7 Å². The van der Waals surface area contributed by atoms with Gasteiger partial charge in [-0.3, -0.25) is 24.0 Å². The number of nitrogens with one attached hydrogen (secondary N) is 4. The summed E-state index contributed by atoms with van der Waals surface area (Å²) in [5.74, 6) is -13.4. The van der Waals surface area contributed by atoms with Crippen LogP contribution in [-0.2, 0) is 25.6 Å². The largest absolute Gasteiger partial charge is 0.497 e. The zero-order valence-corrected chi connectivity index (χ0v) is 29.8. The average molecular weight is 794 g/mol. The maximum absolute atomic E-state index is 14.9. The lowest BCUT2D eigenvalue weighted by Crippen LogP contribution is -2.58. The van der Waals surface area contributed by atoms with E-state index in [2.05, 4.69) is 16.0 Å². The van der Waals surface area contributed by atoms with Crippen LogP contribution in [0.4, 0.5) is 22.0 Å². The van der Waals surface area contributed by atoms with Crippen LogP contribution in [0, 0.1) is 5.92 Å². The fourth-order valence-electron chi connectivity index (χ4n) is 4.75. The molecule has 0 aliphatic carbocycles. The monoisotopic (exact) mass is 792 g/mol. The molecular weight excluding hydrogens is 762 g/mol. The first kappa shape index (κ1) is 41.9. The highest BCUT2D eigenvalue weighted by Gasteiger charge is 2.52. The van der Waals surface area contributed by atoms with Gasteiger partial charge in [0.1, 0.15) is 24.4 Å². The Morgan fingerprint density at radius 1 is 0.769 bits per heavy atom. The molecular formula is C34H32Cl3F5N4O6. The van der Waals surface area contributed by atoms with Crippen molar-refractivity contribution in [1.82, 2.24) is 21.3 Å². The first-order chi connectivity index (χ1) is 24.2. The maximum atomic E-state index is 14.9. The van der Waals surface area contributed by atoms with Gasteiger partial charge in [0.2, 0.25) is 17.6 Å². The molecule has 52 heavy (non-hydrogen) atoms. The number of rotatable bonds is 15. The lowest BCUT2D eigenvalue weighted by atomic mass is 9.94. The van der Waals surface area contributed by atoms with E-state index in [9.17, 15) is 45.9 Å². The van der Waals surface area contributed by atoms with Gasteiger partial charge in [-0.25, -0.2) is 0 Å². The maximum Gasteiger partial charge on any atom is 0.405 e. The van der Waals surface area contributed by atoms with Crippen molar-refractivity contribution in [2.75, 3.05) is 13.7 Å². The Balaban J connectivity index is 1.98. The van der Waals surface area contributed by atoms with Gasteiger partial charge < -0.3 is 26.0 Å². The van der Waals surface area contributed by atoms with Crippen LogP contribution < -0.4 is 26.0 Å². The highest BCUT2D eigenvalue weighted by Crippen LogP contribution is 2.25. The summed E-state index contributed by atoms with van der Waals surface area (Å²) in [4.78, 5) is 66.0. The highest BCUT2D eigenvalue weighted by molar-refractivity contribution is 6.35. The molecule has 2 unspecified atom stereocenters. The standard InChI is InChI=1S/C34H32Cl3F5N4O6/c1-17(2)26(28(47)34(41,42)32(51)43-16-33(38,39)40)45-31(50)27(19-7-9-24(52-3)10-8-19)46-30(49)25(12-18-5-4-6-21(35)11-18)44-29(48)20-13-22(36)15-23(37)14-20/h4-11,13-15,17,25-27H,12,16H2,1-3H3,(H,43,51)(H,44,48)(H,45,50)(H,46,49)/t25?,26-,27?/m0/s1. The lowest BCUT2D eigenvalue weighted by molar-refractivity contribution is -0.165. The zero-order chi connectivity index (χ0) is 39.0. The van der Waals surface area contributed by atoms with Crippen LogP contribution in [0.15, 0.2) is 66.7 Å². The Morgan fingerprint density at radius 3 is 1.92 bits per heavy atom. The van der Waals surface area contributed by atoms with Gasteiger partial charge in [-0.05, 0) is 59.5 Å². The summed E-state index contributed by atoms with van der Waals surface area (Å²) < 4.78 is 72.6. The van der Waals surface area contributed by atoms with Crippen LogP contribution in [0.25, 0.3) is 0 Å². The fourth-order valence-corrected chi connectivity index (χ4v) is 5.48. The summed E-state index contributed by atoms with van der Waals surface area (Å²) in [5, 5.41) is 8.68. The summed E-state index contributed by atoms with van der Waals surface area (Å²) >= 11 is 18.2. The van der Waals surface area contributed by atoms with Gasteiger partial charge in [-0.15, -0.1) is 0 Å². The molecule has 0 aliphatic heterocycles. The minimum absolute atomic E-state index is 0.00988. The molecule has 0 fully saturated rings. The SMILES string of the molecule is COc1ccc(C(NC(=O)C(Cc2cccc(Cl)c2)NC(=O)c2cc(Cl)cc(Cl)c2)C(=O)N[C@H](C(=O)C(F)(F)C(=O)NCC(F)(F)F)C(C)C)cc1. The number of alkyl halides is 5. The van der Waals surface area contributed by atoms with Crippen LogP contribution in [0.3, 0.4) is 0 Å². The van der Waals surface area contributed by atoms with E-state index >= 15 is 0 Å². The molecule has 0 spiro atoms. The van der Waals surface area contributed by atoms with E-state index in [1.165, 1.54) is 69.5 Å². The minimum Gasteiger partial charge on any atom is -0.497 e. The molecule has 0 heterocycles. The van der Waals surface area contributed by atoms with Crippen molar-refractivity contribution in [2.45, 2.75) is 50.5 Å². The lowest BCUT2D eigenvalue weighted by Gasteiger charge is -2.28. The number of ether oxygens (including phenoxy) is 1. The molecule has 280 valence electrons. The van der Waals surface area contributed by atoms with Crippen molar-refractivity contribution in [3.8, 4) is 5.75 Å². The van der Waals surface area contributed by atoms with Crippen molar-refractivity contribution in [3.05, 3.63) is 98.5 Å². The predicted molar refractivity (Wildman–Crippen MR) is 183 cm³/mol. The van der Waals surface area contributed by atoms with Crippen molar-refractivity contribution in [1.29, 1.82) is 0 Å². The Hall–Kier alpha value is -4.47. The smallest absolute Gasteiger partial charge is 0.405 e. The molecule has 18 heteroatoms. The number of amides is 4. The number of ketones is 1. The highest BCUT2D eigenvalue weighted by atomic mass is 35.5. The predicted octanol–water partition coefficient (Wildman–Crippen LogP) is 5.88. The van der Waals surface area contributed by atoms with Gasteiger partial charge in [0, 0.05) is 27.1 Å². The second kappa shape index (κ2) is 17.8. The molecule has 3 aromatic rings. The fraction of sp³-hybridized carbons (Fsp3) is 0.324. The summed E-state index contributed by atoms with van der Waals surface area (Å²) in [5.41, 5.74) is 0.536. The van der Waals surface area contributed by atoms with Crippen molar-refractivity contribution in [2.24, 2.45) is 5.92 Å². The van der Waals surface area contributed by atoms with E-state index in [4.69, 9.17) is 39.5 Å². The first-order valence-electron chi connectivity index (χ1n) is 15.2. The van der Waals surface area contributed by atoms with Gasteiger partial charge in [0.05, 0.1) is 13.2 Å². The minimum atomic E-state index is -5.05. The molecule has 4 amide bonds. The van der Waals surface area contributed by atoms with Gasteiger partial charge in [0.15, 0.2) is 0 Å². The number of carbonyl (C=O) groups excluding carboxylic acids is 5. The molecule has 3 aromatic carbocycles. The molecule has 0 saturated carbocycles. The Bertz CT molecular complexity index is 1770. The normalized spacial score (nSPS) is 13.4. The van der Waals surface area contributed by atoms with Crippen molar-refractivity contribution in [3.63, 3.8) is 0 Å². The van der Waals surface area contributed by atoms with Crippen LogP contribution in [0.1, 0.15) is 41.4 Å². The van der Waals surface area contributed by atoms with E-state index in [1.807, 2.05) is 0 Å². The number of carbonyl (C=O) groups is 5. The zero-order valence-electron chi connectivity index (χ0n) is 27.5. The van der Waals surface area contributed by atoms with Crippen LogP contribution in [0.2, 0.25) is 15.1 Å². The molecule has 3 rings (SSSR count). The second-order valence-electron chi connectivity index (χ2n) is 11.7. The van der Waals surface area contributed by atoms with Gasteiger partial charge in [-0.1, -0.05) is 72.9 Å². The van der Waals surface area contributed by atoms with Crippen molar-refractivity contribution >= 4 is 64.2 Å². The average Bonchev–Trinajstić information content (AvgIpc) is 3.06. The van der Waals surface area contributed by atoms with E-state index in [1.54, 1.807) is 18.2 Å². The van der Waals surface area contributed by atoms with Gasteiger partial charge in [0.25, 0.3) is 11.8 Å². The number of hydrogen-bond acceptors (Lipinski definition) is 6. The topological polar surface area (TPSA) is 143 Å². The summed E-state index contributed by atoms with van der Waals surface area (Å²) in [6.07, 6.45) is -5.22. The Morgan fingerprint density at radius 2 is 1.38 bits per heavy atom. The third-order valence-electron chi connectivity index (χ3n) is 7.36. The van der Waals surface area contributed by atoms with Gasteiger partial charge >= 0.3 is 12.1 Å². The molecule has 0 bridgehead atoms. The second-order valence-corrected chi connectivity index (χ2v) is 13.0. The molecule has 4 N–H and O–H groups in total. The van der Waals surface area contributed by atoms with E-state index in [0.29, 0.717) is 16.3 Å². The molecule has 0 aromatic heterocycles. The molecule has 10 nitrogen and oxygen atoms in total. The summed E-state index contributed by atoms with van der Waals surface area (Å²) in [6, 6.07) is 10.6. The number of halogens is 8. The van der Waals surface area contributed by atoms with Crippen LogP contribution in [-0.4, -0.2) is 67.2 Å². The van der Waals surface area contributed by atoms with Gasteiger partial charge in [-0.2, -0.15) is 22.0 Å². The third-order valence-corrected chi connectivity index (χ3v) is 8.04. The molecule has 3 atom stereocenters. The summed E-state index contributed by atoms with van der Waals surface area (Å²) in [7, 11) is 1.36. The van der Waals surface area contributed by atoms with E-state index < -0.39 is 72.1 Å². The molecule has 0 aliphatic rings. The first-order valence-corrected chi connectivity index (χ1v) is 16.4. The molecule has 0 radical (unpaired) electrons. The quantitative estimate of drug-likeness (QED) is 0.112.